The molecule has 154 valence electrons. The van der Waals surface area contributed by atoms with Crippen molar-refractivity contribution >= 4 is 58.2 Å². The molecule has 1 atom stereocenters. The number of benzene rings is 1. The fourth-order valence-corrected chi connectivity index (χ4v) is 4.06. The Kier molecular flexibility index (Phi) is 6.04. The van der Waals surface area contributed by atoms with Gasteiger partial charge in [-0.05, 0) is 24.3 Å². The highest BCUT2D eigenvalue weighted by Crippen LogP contribution is 2.35. The molecule has 1 aromatic heterocycles. The van der Waals surface area contributed by atoms with Crippen LogP contribution in [0.25, 0.3) is 17.4 Å². The molecule has 0 bridgehead atoms. The second kappa shape index (κ2) is 8.51. The number of carboxylic acid groups (broad SMARTS) is 3. The highest BCUT2D eigenvalue weighted by molar-refractivity contribution is 8.26. The molecule has 1 aromatic carbocycles. The van der Waals surface area contributed by atoms with Gasteiger partial charge in [-0.15, -0.1) is 0 Å². The monoisotopic (exact) mass is 447 g/mol. The van der Waals surface area contributed by atoms with Crippen molar-refractivity contribution in [2.45, 2.75) is 12.5 Å². The third-order valence-corrected chi connectivity index (χ3v) is 5.41. The first-order chi connectivity index (χ1) is 14.2. The molecule has 1 saturated heterocycles. The van der Waals surface area contributed by atoms with Crippen LogP contribution in [0.15, 0.2) is 45.7 Å². The summed E-state index contributed by atoms with van der Waals surface area (Å²) in [4.78, 5) is 46.9. The number of thiocarbonyl (C=S) groups is 1. The largest absolute Gasteiger partial charge is 0.481 e. The summed E-state index contributed by atoms with van der Waals surface area (Å²) < 4.78 is 5.58. The van der Waals surface area contributed by atoms with Crippen molar-refractivity contribution in [3.8, 4) is 11.3 Å². The predicted molar refractivity (Wildman–Crippen MR) is 110 cm³/mol. The number of nitrogens with zero attached hydrogens (tertiary/aromatic N) is 1. The normalized spacial score (nSPS) is 16.1. The first-order valence-electron chi connectivity index (χ1n) is 8.32. The van der Waals surface area contributed by atoms with Crippen LogP contribution in [0.2, 0.25) is 0 Å². The van der Waals surface area contributed by atoms with E-state index >= 15 is 0 Å². The lowest BCUT2D eigenvalue weighted by atomic mass is 10.1. The number of carbonyl (C=O) groups excluding carboxylic acids is 1. The molecule has 30 heavy (non-hydrogen) atoms. The Bertz CT molecular complexity index is 1100. The summed E-state index contributed by atoms with van der Waals surface area (Å²) in [5.74, 6) is -4.04. The second-order valence-electron chi connectivity index (χ2n) is 6.09. The highest BCUT2D eigenvalue weighted by atomic mass is 32.2. The van der Waals surface area contributed by atoms with Crippen molar-refractivity contribution in [1.29, 1.82) is 0 Å². The van der Waals surface area contributed by atoms with E-state index in [9.17, 15) is 24.3 Å². The molecule has 0 aliphatic carbocycles. The number of hydrogen-bond donors (Lipinski definition) is 3. The summed E-state index contributed by atoms with van der Waals surface area (Å²) in [5, 5.41) is 27.3. The molecule has 9 nitrogen and oxygen atoms in total. The minimum Gasteiger partial charge on any atom is -0.481 e. The Hall–Kier alpha value is -3.44. The minimum absolute atomic E-state index is 0.0687. The molecular weight excluding hydrogens is 434 g/mol. The van der Waals surface area contributed by atoms with Gasteiger partial charge in [0.05, 0.1) is 16.9 Å². The van der Waals surface area contributed by atoms with Crippen molar-refractivity contribution in [3.05, 3.63) is 52.6 Å². The quantitative estimate of drug-likeness (QED) is 0.428. The van der Waals surface area contributed by atoms with Crippen LogP contribution in [-0.2, 0) is 14.4 Å². The Labute approximate surface area is 178 Å². The van der Waals surface area contributed by atoms with E-state index in [0.717, 1.165) is 16.7 Å². The van der Waals surface area contributed by atoms with Crippen molar-refractivity contribution < 1.29 is 38.9 Å². The molecule has 0 spiro atoms. The number of amides is 1. The molecule has 0 radical (unpaired) electrons. The molecule has 1 aliphatic heterocycles. The van der Waals surface area contributed by atoms with E-state index in [2.05, 4.69) is 0 Å². The highest BCUT2D eigenvalue weighted by Gasteiger charge is 2.41. The predicted octanol–water partition coefficient (Wildman–Crippen LogP) is 2.77. The van der Waals surface area contributed by atoms with Crippen LogP contribution in [0.5, 0.6) is 0 Å². The Morgan fingerprint density at radius 2 is 1.90 bits per heavy atom. The van der Waals surface area contributed by atoms with E-state index in [1.54, 1.807) is 24.3 Å². The maximum atomic E-state index is 12.6. The molecule has 1 unspecified atom stereocenters. The van der Waals surface area contributed by atoms with Crippen LogP contribution in [0.3, 0.4) is 0 Å². The van der Waals surface area contributed by atoms with E-state index in [1.807, 2.05) is 0 Å². The van der Waals surface area contributed by atoms with Gasteiger partial charge in [-0.2, -0.15) is 0 Å². The summed E-state index contributed by atoms with van der Waals surface area (Å²) in [6.07, 6.45) is 0.573. The summed E-state index contributed by atoms with van der Waals surface area (Å²) >= 11 is 5.90. The molecule has 3 N–H and O–H groups in total. The zero-order valence-corrected chi connectivity index (χ0v) is 16.6. The number of furan rings is 1. The summed E-state index contributed by atoms with van der Waals surface area (Å²) in [6.45, 7) is 0. The van der Waals surface area contributed by atoms with Crippen LogP contribution in [0, 0.1) is 0 Å². The third-order valence-electron chi connectivity index (χ3n) is 4.08. The number of rotatable bonds is 7. The molecular formula is C19H13NO8S2. The van der Waals surface area contributed by atoms with Gasteiger partial charge < -0.3 is 19.7 Å². The average Bonchev–Trinajstić information content (AvgIpc) is 3.25. The van der Waals surface area contributed by atoms with Gasteiger partial charge in [-0.1, -0.05) is 36.1 Å². The standard InChI is InChI=1S/C19H13NO8S2/c21-15(22)8-12(18(26)27)20-16(23)14(30-19(20)29)7-11-4-5-13(28-11)9-2-1-3-10(6-9)17(24)25/h1-7,12H,8H2,(H,21,22)(H,24,25)(H,26,27)/b14-7-. The molecule has 1 aliphatic rings. The Morgan fingerprint density at radius 1 is 1.17 bits per heavy atom. The maximum Gasteiger partial charge on any atom is 0.335 e. The van der Waals surface area contributed by atoms with Gasteiger partial charge in [0, 0.05) is 11.6 Å². The van der Waals surface area contributed by atoms with Crippen molar-refractivity contribution in [2.24, 2.45) is 0 Å². The van der Waals surface area contributed by atoms with Gasteiger partial charge in [0.25, 0.3) is 5.91 Å². The maximum absolute atomic E-state index is 12.6. The first-order valence-corrected chi connectivity index (χ1v) is 9.55. The number of carbonyl (C=O) groups is 4. The van der Waals surface area contributed by atoms with E-state index in [1.165, 1.54) is 18.2 Å². The number of aliphatic carboxylic acids is 2. The zero-order chi connectivity index (χ0) is 22.0. The number of aromatic carboxylic acids is 1. The number of carboxylic acids is 3. The lowest BCUT2D eigenvalue weighted by molar-refractivity contribution is -0.150. The van der Waals surface area contributed by atoms with E-state index in [4.69, 9.17) is 26.8 Å². The lowest BCUT2D eigenvalue weighted by Crippen LogP contribution is -2.45. The SMILES string of the molecule is O=C(O)CC(C(=O)O)N1C(=O)/C(=C/c2ccc(-c3cccc(C(=O)O)c3)o2)SC1=S. The van der Waals surface area contributed by atoms with Crippen LogP contribution in [0.4, 0.5) is 0 Å². The van der Waals surface area contributed by atoms with Crippen LogP contribution < -0.4 is 0 Å². The average molecular weight is 447 g/mol. The zero-order valence-electron chi connectivity index (χ0n) is 15.0. The molecule has 0 saturated carbocycles. The van der Waals surface area contributed by atoms with Gasteiger partial charge in [0.15, 0.2) is 0 Å². The van der Waals surface area contributed by atoms with Crippen LogP contribution in [0.1, 0.15) is 22.5 Å². The molecule has 2 aromatic rings. The minimum atomic E-state index is -1.62. The topological polar surface area (TPSA) is 145 Å². The molecule has 2 heterocycles. The van der Waals surface area contributed by atoms with Gasteiger partial charge in [-0.25, -0.2) is 9.59 Å². The van der Waals surface area contributed by atoms with Crippen LogP contribution >= 0.6 is 24.0 Å². The van der Waals surface area contributed by atoms with E-state index in [0.29, 0.717) is 11.3 Å². The van der Waals surface area contributed by atoms with Gasteiger partial charge in [0.2, 0.25) is 0 Å². The molecule has 1 fully saturated rings. The van der Waals surface area contributed by atoms with Gasteiger partial charge in [0.1, 0.15) is 21.9 Å². The third kappa shape index (κ3) is 4.42. The fourth-order valence-electron chi connectivity index (χ4n) is 2.72. The van der Waals surface area contributed by atoms with E-state index in [-0.39, 0.29) is 20.5 Å². The second-order valence-corrected chi connectivity index (χ2v) is 7.77. The summed E-state index contributed by atoms with van der Waals surface area (Å²) in [7, 11) is 0. The van der Waals surface area contributed by atoms with Gasteiger partial charge in [-0.3, -0.25) is 14.5 Å². The van der Waals surface area contributed by atoms with Gasteiger partial charge >= 0.3 is 17.9 Å². The summed E-state index contributed by atoms with van der Waals surface area (Å²) in [5.41, 5.74) is 0.610. The number of thioether (sulfide) groups is 1. The van der Waals surface area contributed by atoms with Crippen LogP contribution in [-0.4, -0.2) is 54.4 Å². The van der Waals surface area contributed by atoms with Crippen molar-refractivity contribution in [3.63, 3.8) is 0 Å². The Morgan fingerprint density at radius 3 is 2.53 bits per heavy atom. The summed E-state index contributed by atoms with van der Waals surface area (Å²) in [6, 6.07) is 7.65. The number of hydrogen-bond acceptors (Lipinski definition) is 7. The van der Waals surface area contributed by atoms with Crippen molar-refractivity contribution in [1.82, 2.24) is 4.90 Å². The molecule has 11 heteroatoms. The fraction of sp³-hybridized carbons (Fsp3) is 0.105. The molecule has 1 amide bonds. The van der Waals surface area contributed by atoms with Crippen molar-refractivity contribution in [2.75, 3.05) is 0 Å². The first kappa shape index (κ1) is 21.3. The lowest BCUT2D eigenvalue weighted by Gasteiger charge is -2.21. The molecule has 3 rings (SSSR count). The van der Waals surface area contributed by atoms with E-state index < -0.39 is 36.3 Å². The smallest absolute Gasteiger partial charge is 0.335 e. The Balaban J connectivity index is 1.86.